The molecule has 0 radical (unpaired) electrons. The highest BCUT2D eigenvalue weighted by Gasteiger charge is 2.27. The molecule has 0 unspecified atom stereocenters. The van der Waals surface area contributed by atoms with E-state index in [1.54, 1.807) is 13.0 Å². The molecule has 8 heteroatoms. The minimum atomic E-state index is -4.31. The fourth-order valence-electron chi connectivity index (χ4n) is 1.95. The fraction of sp³-hybridized carbons (Fsp3) is 0.250. The Balaban J connectivity index is 2.12. The Morgan fingerprint density at radius 2 is 1.79 bits per heavy atom. The van der Waals surface area contributed by atoms with Gasteiger partial charge in [0.25, 0.3) is 0 Å². The Labute approximate surface area is 145 Å². The monoisotopic (exact) mass is 381 g/mol. The molecule has 2 aromatic rings. The van der Waals surface area contributed by atoms with E-state index in [2.05, 4.69) is 5.32 Å². The molecule has 0 spiro atoms. The minimum Gasteiger partial charge on any atom is -0.379 e. The molecular formula is C16H13ClF5NS. The third kappa shape index (κ3) is 5.27. The first kappa shape index (κ1) is 18.9. The molecule has 0 aromatic heterocycles. The lowest BCUT2D eigenvalue weighted by molar-refractivity contribution is -0.105. The molecule has 24 heavy (non-hydrogen) atoms. The number of hydrogen-bond acceptors (Lipinski definition) is 2. The zero-order chi connectivity index (χ0) is 17.9. The molecule has 0 aliphatic carbocycles. The second-order valence-electron chi connectivity index (χ2n) is 5.10. The number of thioether (sulfide) groups is 1. The van der Waals surface area contributed by atoms with Gasteiger partial charge in [-0.05, 0) is 42.3 Å². The lowest BCUT2D eigenvalue weighted by Crippen LogP contribution is -2.11. The van der Waals surface area contributed by atoms with Crippen LogP contribution in [-0.2, 0) is 6.54 Å². The van der Waals surface area contributed by atoms with E-state index < -0.39 is 23.6 Å². The SMILES string of the molecule is Cc1cc(F)c(NCc2ccc(Cl)c(F)c2)cc1SCC(F)(F)F. The van der Waals surface area contributed by atoms with Crippen molar-refractivity contribution in [2.24, 2.45) is 0 Å². The van der Waals surface area contributed by atoms with Crippen LogP contribution in [0.2, 0.25) is 5.02 Å². The van der Waals surface area contributed by atoms with Crippen LogP contribution in [0.1, 0.15) is 11.1 Å². The van der Waals surface area contributed by atoms with Crippen LogP contribution in [0.4, 0.5) is 27.6 Å². The van der Waals surface area contributed by atoms with Crippen molar-refractivity contribution in [1.29, 1.82) is 0 Å². The number of nitrogens with one attached hydrogen (secondary N) is 1. The number of aryl methyl sites for hydroxylation is 1. The summed E-state index contributed by atoms with van der Waals surface area (Å²) in [4.78, 5) is 0.332. The van der Waals surface area contributed by atoms with Gasteiger partial charge in [-0.1, -0.05) is 17.7 Å². The smallest absolute Gasteiger partial charge is 0.379 e. The maximum absolute atomic E-state index is 14.0. The number of benzene rings is 2. The molecule has 0 aliphatic heterocycles. The van der Waals surface area contributed by atoms with Gasteiger partial charge in [0.2, 0.25) is 0 Å². The quantitative estimate of drug-likeness (QED) is 0.489. The van der Waals surface area contributed by atoms with Crippen LogP contribution in [0.5, 0.6) is 0 Å². The Kier molecular flexibility index (Phi) is 5.98. The normalized spacial score (nSPS) is 11.6. The minimum absolute atomic E-state index is 0.0221. The molecule has 0 atom stereocenters. The van der Waals surface area contributed by atoms with Gasteiger partial charge in [-0.15, -0.1) is 11.8 Å². The summed E-state index contributed by atoms with van der Waals surface area (Å²) in [5.41, 5.74) is 1.01. The number of rotatable bonds is 5. The Morgan fingerprint density at radius 1 is 1.08 bits per heavy atom. The topological polar surface area (TPSA) is 12.0 Å². The van der Waals surface area contributed by atoms with Crippen molar-refractivity contribution < 1.29 is 22.0 Å². The van der Waals surface area contributed by atoms with E-state index in [0.29, 0.717) is 27.8 Å². The van der Waals surface area contributed by atoms with Gasteiger partial charge in [0.05, 0.1) is 16.5 Å². The zero-order valence-electron chi connectivity index (χ0n) is 12.5. The summed E-state index contributed by atoms with van der Waals surface area (Å²) in [7, 11) is 0. The third-order valence-corrected chi connectivity index (χ3v) is 4.65. The van der Waals surface area contributed by atoms with Crippen molar-refractivity contribution in [2.45, 2.75) is 24.5 Å². The second kappa shape index (κ2) is 7.61. The first-order chi connectivity index (χ1) is 11.2. The maximum atomic E-state index is 14.0. The molecule has 0 bridgehead atoms. The van der Waals surface area contributed by atoms with Crippen LogP contribution in [0, 0.1) is 18.6 Å². The van der Waals surface area contributed by atoms with E-state index in [9.17, 15) is 22.0 Å². The predicted octanol–water partition coefficient (Wildman–Crippen LogP) is 6.19. The first-order valence-electron chi connectivity index (χ1n) is 6.83. The van der Waals surface area contributed by atoms with E-state index in [4.69, 9.17) is 11.6 Å². The van der Waals surface area contributed by atoms with Crippen LogP contribution in [0.15, 0.2) is 35.2 Å². The average molecular weight is 382 g/mol. The Hall–Kier alpha value is -1.47. The van der Waals surface area contributed by atoms with Crippen LogP contribution < -0.4 is 5.32 Å². The molecule has 0 heterocycles. The van der Waals surface area contributed by atoms with Crippen LogP contribution >= 0.6 is 23.4 Å². The Bertz CT molecular complexity index is 733. The largest absolute Gasteiger partial charge is 0.398 e. The molecule has 0 saturated carbocycles. The van der Waals surface area contributed by atoms with Crippen molar-refractivity contribution in [2.75, 3.05) is 11.1 Å². The van der Waals surface area contributed by atoms with Gasteiger partial charge in [0.15, 0.2) is 0 Å². The van der Waals surface area contributed by atoms with Crippen LogP contribution in [-0.4, -0.2) is 11.9 Å². The molecule has 0 amide bonds. The summed E-state index contributed by atoms with van der Waals surface area (Å²) in [6, 6.07) is 6.66. The van der Waals surface area contributed by atoms with Gasteiger partial charge in [-0.2, -0.15) is 13.2 Å². The van der Waals surface area contributed by atoms with E-state index in [1.807, 2.05) is 0 Å². The lowest BCUT2D eigenvalue weighted by atomic mass is 10.2. The lowest BCUT2D eigenvalue weighted by Gasteiger charge is -2.13. The number of anilines is 1. The number of alkyl halides is 3. The highest BCUT2D eigenvalue weighted by atomic mass is 35.5. The van der Waals surface area contributed by atoms with E-state index in [0.717, 1.165) is 0 Å². The van der Waals surface area contributed by atoms with Gasteiger partial charge in [0.1, 0.15) is 11.6 Å². The Morgan fingerprint density at radius 3 is 2.42 bits per heavy atom. The predicted molar refractivity (Wildman–Crippen MR) is 86.7 cm³/mol. The average Bonchev–Trinajstić information content (AvgIpc) is 2.48. The van der Waals surface area contributed by atoms with E-state index in [1.165, 1.54) is 24.3 Å². The molecule has 0 fully saturated rings. The van der Waals surface area contributed by atoms with Crippen molar-refractivity contribution in [3.63, 3.8) is 0 Å². The van der Waals surface area contributed by atoms with E-state index >= 15 is 0 Å². The van der Waals surface area contributed by atoms with Gasteiger partial charge in [-0.25, -0.2) is 8.78 Å². The van der Waals surface area contributed by atoms with Crippen molar-refractivity contribution in [3.05, 3.63) is 58.1 Å². The van der Waals surface area contributed by atoms with Crippen molar-refractivity contribution in [1.82, 2.24) is 0 Å². The molecule has 0 saturated heterocycles. The highest BCUT2D eigenvalue weighted by molar-refractivity contribution is 7.99. The summed E-state index contributed by atoms with van der Waals surface area (Å²) < 4.78 is 64.3. The fourth-order valence-corrected chi connectivity index (χ4v) is 2.87. The summed E-state index contributed by atoms with van der Waals surface area (Å²) in [5, 5.41) is 2.74. The maximum Gasteiger partial charge on any atom is 0.398 e. The molecule has 130 valence electrons. The van der Waals surface area contributed by atoms with Gasteiger partial charge in [-0.3, -0.25) is 0 Å². The van der Waals surface area contributed by atoms with Crippen LogP contribution in [0.25, 0.3) is 0 Å². The van der Waals surface area contributed by atoms with Gasteiger partial charge in [0, 0.05) is 11.4 Å². The standard InChI is InChI=1S/C16H13ClF5NS/c1-9-4-13(19)14(6-15(9)24-8-16(20,21)22)23-7-10-2-3-11(17)12(18)5-10/h2-6,23H,7-8H2,1H3. The molecule has 0 aliphatic rings. The van der Waals surface area contributed by atoms with Crippen LogP contribution in [0.3, 0.4) is 0 Å². The third-order valence-electron chi connectivity index (χ3n) is 3.12. The molecule has 1 N–H and O–H groups in total. The molecule has 1 nitrogen and oxygen atoms in total. The van der Waals surface area contributed by atoms with Crippen molar-refractivity contribution >= 4 is 29.1 Å². The molecular weight excluding hydrogens is 369 g/mol. The molecule has 2 aromatic carbocycles. The van der Waals surface area contributed by atoms with Gasteiger partial charge >= 0.3 is 6.18 Å². The zero-order valence-corrected chi connectivity index (χ0v) is 14.0. The summed E-state index contributed by atoms with van der Waals surface area (Å²) in [6.07, 6.45) is -4.31. The first-order valence-corrected chi connectivity index (χ1v) is 8.19. The summed E-state index contributed by atoms with van der Waals surface area (Å²) in [6.45, 7) is 1.65. The molecule has 2 rings (SSSR count). The second-order valence-corrected chi connectivity index (χ2v) is 6.53. The number of halogens is 6. The summed E-state index contributed by atoms with van der Waals surface area (Å²) in [5.74, 6) is -2.23. The number of hydrogen-bond donors (Lipinski definition) is 1. The summed E-state index contributed by atoms with van der Waals surface area (Å²) >= 11 is 6.18. The van der Waals surface area contributed by atoms with E-state index in [-0.39, 0.29) is 17.3 Å². The van der Waals surface area contributed by atoms with Crippen molar-refractivity contribution in [3.8, 4) is 0 Å². The van der Waals surface area contributed by atoms with Gasteiger partial charge < -0.3 is 5.32 Å². The highest BCUT2D eigenvalue weighted by Crippen LogP contribution is 2.32.